The molecular weight excluding hydrogens is 222 g/mol. The van der Waals surface area contributed by atoms with Gasteiger partial charge < -0.3 is 9.80 Å². The zero-order valence-corrected chi connectivity index (χ0v) is 11.5. The maximum Gasteiger partial charge on any atom is 0.101 e. The molecule has 3 nitrogen and oxygen atoms in total. The first-order valence-electron chi connectivity index (χ1n) is 6.54. The second kappa shape index (κ2) is 5.41. The summed E-state index contributed by atoms with van der Waals surface area (Å²) in [5.41, 5.74) is 3.07. The van der Waals surface area contributed by atoms with E-state index in [-0.39, 0.29) is 0 Å². The molecule has 3 heteroatoms. The van der Waals surface area contributed by atoms with Gasteiger partial charge in [-0.3, -0.25) is 0 Å². The van der Waals surface area contributed by atoms with E-state index in [1.165, 1.54) is 18.4 Å². The number of anilines is 1. The summed E-state index contributed by atoms with van der Waals surface area (Å²) in [6.07, 6.45) is 2.34. The summed E-state index contributed by atoms with van der Waals surface area (Å²) in [6.45, 7) is 4.36. The normalized spacial score (nSPS) is 17.4. The number of hydrogen-bond donors (Lipinski definition) is 0. The van der Waals surface area contributed by atoms with E-state index in [0.717, 1.165) is 24.3 Å². The van der Waals surface area contributed by atoms with Gasteiger partial charge in [-0.05, 0) is 57.6 Å². The highest BCUT2D eigenvalue weighted by atomic mass is 15.2. The monoisotopic (exact) mass is 243 g/mol. The molecule has 0 atom stereocenters. The lowest BCUT2D eigenvalue weighted by Gasteiger charge is -2.36. The van der Waals surface area contributed by atoms with Gasteiger partial charge in [-0.15, -0.1) is 0 Å². The summed E-state index contributed by atoms with van der Waals surface area (Å²) in [7, 11) is 4.29. The number of likely N-dealkylation sites (tertiary alicyclic amines) is 1. The third-order valence-corrected chi connectivity index (χ3v) is 3.89. The molecule has 0 spiro atoms. The molecule has 1 aliphatic rings. The SMILES string of the molecule is Cc1ccc(C#N)c(N(C)C2CCN(C)CC2)c1. The quantitative estimate of drug-likeness (QED) is 0.799. The Morgan fingerprint density at radius 3 is 2.61 bits per heavy atom. The van der Waals surface area contributed by atoms with Crippen LogP contribution in [0.15, 0.2) is 18.2 Å². The highest BCUT2D eigenvalue weighted by molar-refractivity contribution is 5.60. The Bertz CT molecular complexity index is 453. The first-order chi connectivity index (χ1) is 8.61. The number of benzene rings is 1. The van der Waals surface area contributed by atoms with Crippen LogP contribution in [0.3, 0.4) is 0 Å². The van der Waals surface area contributed by atoms with E-state index in [0.29, 0.717) is 6.04 Å². The third kappa shape index (κ3) is 2.65. The van der Waals surface area contributed by atoms with Crippen LogP contribution in [0.2, 0.25) is 0 Å². The fourth-order valence-corrected chi connectivity index (χ4v) is 2.61. The zero-order chi connectivity index (χ0) is 13.1. The van der Waals surface area contributed by atoms with Crippen LogP contribution in [0.4, 0.5) is 5.69 Å². The fourth-order valence-electron chi connectivity index (χ4n) is 2.61. The molecule has 1 aromatic carbocycles. The molecule has 18 heavy (non-hydrogen) atoms. The third-order valence-electron chi connectivity index (χ3n) is 3.89. The van der Waals surface area contributed by atoms with Crippen molar-refractivity contribution in [2.24, 2.45) is 0 Å². The van der Waals surface area contributed by atoms with Crippen molar-refractivity contribution in [3.05, 3.63) is 29.3 Å². The molecule has 0 N–H and O–H groups in total. The van der Waals surface area contributed by atoms with Crippen molar-refractivity contribution in [3.63, 3.8) is 0 Å². The van der Waals surface area contributed by atoms with E-state index in [2.05, 4.69) is 43.0 Å². The fraction of sp³-hybridized carbons (Fsp3) is 0.533. The van der Waals surface area contributed by atoms with E-state index in [9.17, 15) is 5.26 Å². The largest absolute Gasteiger partial charge is 0.370 e. The van der Waals surface area contributed by atoms with Crippen molar-refractivity contribution >= 4 is 5.69 Å². The molecule has 0 aliphatic carbocycles. The number of hydrogen-bond acceptors (Lipinski definition) is 3. The Hall–Kier alpha value is -1.53. The summed E-state index contributed by atoms with van der Waals surface area (Å²) < 4.78 is 0. The maximum absolute atomic E-state index is 9.21. The first kappa shape index (κ1) is 12.9. The van der Waals surface area contributed by atoms with Gasteiger partial charge in [0.15, 0.2) is 0 Å². The first-order valence-corrected chi connectivity index (χ1v) is 6.54. The van der Waals surface area contributed by atoms with Crippen molar-refractivity contribution in [2.75, 3.05) is 32.1 Å². The maximum atomic E-state index is 9.21. The number of nitrogens with zero attached hydrogens (tertiary/aromatic N) is 3. The number of rotatable bonds is 2. The standard InChI is InChI=1S/C15H21N3/c1-12-4-5-13(11-16)15(10-12)18(3)14-6-8-17(2)9-7-14/h4-5,10,14H,6-9H2,1-3H3. The molecular formula is C15H21N3. The minimum absolute atomic E-state index is 0.551. The summed E-state index contributed by atoms with van der Waals surface area (Å²) in [6, 6.07) is 8.90. The molecule has 0 radical (unpaired) electrons. The van der Waals surface area contributed by atoms with Gasteiger partial charge in [0, 0.05) is 13.1 Å². The minimum Gasteiger partial charge on any atom is -0.370 e. The van der Waals surface area contributed by atoms with E-state index >= 15 is 0 Å². The summed E-state index contributed by atoms with van der Waals surface area (Å²) in [5, 5.41) is 9.21. The molecule has 0 aromatic heterocycles. The topological polar surface area (TPSA) is 30.3 Å². The summed E-state index contributed by atoms with van der Waals surface area (Å²) in [4.78, 5) is 4.66. The van der Waals surface area contributed by atoms with Gasteiger partial charge in [0.1, 0.15) is 6.07 Å². The molecule has 1 aliphatic heterocycles. The van der Waals surface area contributed by atoms with Crippen LogP contribution >= 0.6 is 0 Å². The molecule has 1 heterocycles. The molecule has 0 saturated carbocycles. The predicted molar refractivity (Wildman–Crippen MR) is 74.8 cm³/mol. The van der Waals surface area contributed by atoms with E-state index < -0.39 is 0 Å². The average Bonchev–Trinajstić information content (AvgIpc) is 2.39. The Morgan fingerprint density at radius 1 is 1.33 bits per heavy atom. The molecule has 1 aromatic rings. The van der Waals surface area contributed by atoms with Gasteiger partial charge in [0.2, 0.25) is 0 Å². The van der Waals surface area contributed by atoms with Crippen LogP contribution in [0.1, 0.15) is 24.0 Å². The molecule has 0 unspecified atom stereocenters. The smallest absolute Gasteiger partial charge is 0.101 e. The molecule has 96 valence electrons. The Balaban J connectivity index is 2.20. The molecule has 1 saturated heterocycles. The lowest BCUT2D eigenvalue weighted by molar-refractivity contribution is 0.253. The highest BCUT2D eigenvalue weighted by Gasteiger charge is 2.22. The highest BCUT2D eigenvalue weighted by Crippen LogP contribution is 2.26. The predicted octanol–water partition coefficient (Wildman–Crippen LogP) is 2.40. The van der Waals surface area contributed by atoms with Crippen molar-refractivity contribution in [3.8, 4) is 6.07 Å². The van der Waals surface area contributed by atoms with Crippen LogP contribution < -0.4 is 4.90 Å². The Labute approximate surface area is 110 Å². The molecule has 0 bridgehead atoms. The second-order valence-corrected chi connectivity index (χ2v) is 5.28. The van der Waals surface area contributed by atoms with Gasteiger partial charge in [-0.25, -0.2) is 0 Å². The summed E-state index contributed by atoms with van der Waals surface area (Å²) >= 11 is 0. The van der Waals surface area contributed by atoms with Gasteiger partial charge in [-0.2, -0.15) is 5.26 Å². The lowest BCUT2D eigenvalue weighted by Crippen LogP contribution is -2.42. The Kier molecular flexibility index (Phi) is 3.88. The zero-order valence-electron chi connectivity index (χ0n) is 11.5. The average molecular weight is 243 g/mol. The van der Waals surface area contributed by atoms with Crippen molar-refractivity contribution in [2.45, 2.75) is 25.8 Å². The van der Waals surface area contributed by atoms with E-state index in [1.807, 2.05) is 12.1 Å². The van der Waals surface area contributed by atoms with Crippen molar-refractivity contribution < 1.29 is 0 Å². The second-order valence-electron chi connectivity index (χ2n) is 5.28. The number of nitriles is 1. The van der Waals surface area contributed by atoms with Crippen LogP contribution in [0, 0.1) is 18.3 Å². The van der Waals surface area contributed by atoms with Gasteiger partial charge in [-0.1, -0.05) is 6.07 Å². The van der Waals surface area contributed by atoms with Crippen LogP contribution in [-0.2, 0) is 0 Å². The van der Waals surface area contributed by atoms with Gasteiger partial charge in [0.25, 0.3) is 0 Å². The van der Waals surface area contributed by atoms with E-state index in [1.54, 1.807) is 0 Å². The van der Waals surface area contributed by atoms with Crippen molar-refractivity contribution in [1.29, 1.82) is 5.26 Å². The van der Waals surface area contributed by atoms with Crippen LogP contribution in [-0.4, -0.2) is 38.1 Å². The minimum atomic E-state index is 0.551. The molecule has 2 rings (SSSR count). The number of aryl methyl sites for hydroxylation is 1. The molecule has 0 amide bonds. The van der Waals surface area contributed by atoms with Crippen molar-refractivity contribution in [1.82, 2.24) is 4.90 Å². The van der Waals surface area contributed by atoms with Gasteiger partial charge in [0.05, 0.1) is 11.3 Å². The Morgan fingerprint density at radius 2 is 2.00 bits per heavy atom. The number of piperidine rings is 1. The molecule has 1 fully saturated rings. The van der Waals surface area contributed by atoms with E-state index in [4.69, 9.17) is 0 Å². The van der Waals surface area contributed by atoms with Crippen LogP contribution in [0.25, 0.3) is 0 Å². The van der Waals surface area contributed by atoms with Crippen LogP contribution in [0.5, 0.6) is 0 Å². The lowest BCUT2D eigenvalue weighted by atomic mass is 10.0. The summed E-state index contributed by atoms with van der Waals surface area (Å²) in [5.74, 6) is 0. The van der Waals surface area contributed by atoms with Gasteiger partial charge >= 0.3 is 0 Å².